The highest BCUT2D eigenvalue weighted by Gasteiger charge is 2.42. The number of hydrogen-bond donors (Lipinski definition) is 1. The van der Waals surface area contributed by atoms with E-state index in [1.165, 1.54) is 11.3 Å². The van der Waals surface area contributed by atoms with Gasteiger partial charge >= 0.3 is 5.97 Å². The summed E-state index contributed by atoms with van der Waals surface area (Å²) in [5.41, 5.74) is 7.48. The fourth-order valence-corrected chi connectivity index (χ4v) is 3.74. The first-order valence-corrected chi connectivity index (χ1v) is 7.04. The molecular formula is C13H15NO4S. The van der Waals surface area contributed by atoms with E-state index in [0.29, 0.717) is 36.4 Å². The molecule has 1 aromatic heterocycles. The number of carbonyl (C=O) groups excluding carboxylic acids is 1. The molecule has 3 rings (SSSR count). The monoisotopic (exact) mass is 281 g/mol. The molecule has 0 aromatic carbocycles. The Labute approximate surface area is 114 Å². The van der Waals surface area contributed by atoms with Crippen LogP contribution in [0.1, 0.15) is 34.1 Å². The quantitative estimate of drug-likeness (QED) is 0.842. The van der Waals surface area contributed by atoms with Gasteiger partial charge in [0.2, 0.25) is 0 Å². The SMILES string of the molecule is CCOC(=O)c1c(N)sc2c1CCC1(C2)OC=CO1. The minimum Gasteiger partial charge on any atom is -0.462 e. The number of fused-ring (bicyclic) bond motifs is 1. The van der Waals surface area contributed by atoms with Crippen LogP contribution >= 0.6 is 11.3 Å². The number of hydrogen-bond acceptors (Lipinski definition) is 6. The number of carbonyl (C=O) groups is 1. The van der Waals surface area contributed by atoms with Crippen LogP contribution in [0.5, 0.6) is 0 Å². The van der Waals surface area contributed by atoms with Crippen molar-refractivity contribution in [2.75, 3.05) is 12.3 Å². The second kappa shape index (κ2) is 4.45. The summed E-state index contributed by atoms with van der Waals surface area (Å²) >= 11 is 1.42. The minimum absolute atomic E-state index is 0.333. The van der Waals surface area contributed by atoms with Crippen molar-refractivity contribution in [3.05, 3.63) is 28.5 Å². The number of thiophene rings is 1. The van der Waals surface area contributed by atoms with E-state index in [4.69, 9.17) is 19.9 Å². The molecule has 19 heavy (non-hydrogen) atoms. The van der Waals surface area contributed by atoms with E-state index >= 15 is 0 Å². The van der Waals surface area contributed by atoms with Gasteiger partial charge in [-0.1, -0.05) is 0 Å². The normalized spacial score (nSPS) is 18.8. The van der Waals surface area contributed by atoms with Crippen LogP contribution < -0.4 is 5.73 Å². The van der Waals surface area contributed by atoms with Gasteiger partial charge in [-0.2, -0.15) is 0 Å². The van der Waals surface area contributed by atoms with Gasteiger partial charge in [0.25, 0.3) is 5.79 Å². The molecule has 5 nitrogen and oxygen atoms in total. The summed E-state index contributed by atoms with van der Waals surface area (Å²) in [6.45, 7) is 2.14. The molecule has 102 valence electrons. The Morgan fingerprint density at radius 1 is 1.53 bits per heavy atom. The van der Waals surface area contributed by atoms with Gasteiger partial charge in [0, 0.05) is 11.3 Å². The van der Waals surface area contributed by atoms with Crippen LogP contribution in [0, 0.1) is 0 Å². The Kier molecular flexibility index (Phi) is 2.89. The van der Waals surface area contributed by atoms with Crippen LogP contribution in [0.4, 0.5) is 5.00 Å². The predicted molar refractivity (Wildman–Crippen MR) is 70.8 cm³/mol. The Balaban J connectivity index is 1.92. The van der Waals surface area contributed by atoms with Crippen LogP contribution in [0.2, 0.25) is 0 Å². The van der Waals surface area contributed by atoms with Crippen molar-refractivity contribution in [3.8, 4) is 0 Å². The average Bonchev–Trinajstić information content (AvgIpc) is 2.93. The fourth-order valence-electron chi connectivity index (χ4n) is 2.55. The van der Waals surface area contributed by atoms with E-state index in [2.05, 4.69) is 0 Å². The van der Waals surface area contributed by atoms with Gasteiger partial charge in [0.1, 0.15) is 17.5 Å². The third-order valence-electron chi connectivity index (χ3n) is 3.40. The topological polar surface area (TPSA) is 70.8 Å². The largest absolute Gasteiger partial charge is 0.462 e. The zero-order valence-electron chi connectivity index (χ0n) is 10.6. The van der Waals surface area contributed by atoms with E-state index in [9.17, 15) is 4.79 Å². The molecule has 0 radical (unpaired) electrons. The van der Waals surface area contributed by atoms with Gasteiger partial charge in [-0.05, 0) is 18.9 Å². The van der Waals surface area contributed by atoms with Gasteiger partial charge < -0.3 is 19.9 Å². The Bertz CT molecular complexity index is 541. The highest BCUT2D eigenvalue weighted by atomic mass is 32.1. The summed E-state index contributed by atoms with van der Waals surface area (Å²) < 4.78 is 16.1. The summed E-state index contributed by atoms with van der Waals surface area (Å²) in [6.07, 6.45) is 5.15. The van der Waals surface area contributed by atoms with Crippen molar-refractivity contribution in [1.29, 1.82) is 0 Å². The maximum atomic E-state index is 11.9. The molecule has 0 saturated heterocycles. The zero-order chi connectivity index (χ0) is 13.5. The van der Waals surface area contributed by atoms with Crippen molar-refractivity contribution in [2.45, 2.75) is 32.0 Å². The van der Waals surface area contributed by atoms with Crippen molar-refractivity contribution >= 4 is 22.3 Å². The number of anilines is 1. The fraction of sp³-hybridized carbons (Fsp3) is 0.462. The molecule has 1 aliphatic heterocycles. The van der Waals surface area contributed by atoms with E-state index in [1.807, 2.05) is 0 Å². The number of nitrogens with two attached hydrogens (primary N) is 1. The molecule has 2 heterocycles. The molecule has 2 aliphatic rings. The summed E-state index contributed by atoms with van der Waals surface area (Å²) in [4.78, 5) is 13.0. The molecule has 0 amide bonds. The Hall–Kier alpha value is -1.69. The molecule has 0 bridgehead atoms. The first-order chi connectivity index (χ1) is 9.15. The number of nitrogen functional groups attached to an aromatic ring is 1. The summed E-state index contributed by atoms with van der Waals surface area (Å²) in [5.74, 6) is -0.934. The molecule has 1 spiro atoms. The zero-order valence-corrected chi connectivity index (χ0v) is 11.4. The van der Waals surface area contributed by atoms with Crippen molar-refractivity contribution in [3.63, 3.8) is 0 Å². The first kappa shape index (κ1) is 12.3. The minimum atomic E-state index is -0.601. The van der Waals surface area contributed by atoms with Crippen LogP contribution in [-0.2, 0) is 27.1 Å². The van der Waals surface area contributed by atoms with Crippen LogP contribution in [0.15, 0.2) is 12.5 Å². The molecule has 6 heteroatoms. The summed E-state index contributed by atoms with van der Waals surface area (Å²) in [5, 5.41) is 0.520. The number of rotatable bonds is 2. The predicted octanol–water partition coefficient (Wildman–Crippen LogP) is 2.21. The van der Waals surface area contributed by atoms with Gasteiger partial charge in [-0.3, -0.25) is 0 Å². The molecule has 0 fully saturated rings. The Morgan fingerprint density at radius 3 is 2.95 bits per heavy atom. The smallest absolute Gasteiger partial charge is 0.341 e. The van der Waals surface area contributed by atoms with Crippen molar-refractivity contribution in [2.24, 2.45) is 0 Å². The lowest BCUT2D eigenvalue weighted by Gasteiger charge is -2.31. The third-order valence-corrected chi connectivity index (χ3v) is 4.47. The van der Waals surface area contributed by atoms with E-state index in [-0.39, 0.29) is 5.97 Å². The lowest BCUT2D eigenvalue weighted by Crippen LogP contribution is -2.36. The maximum Gasteiger partial charge on any atom is 0.341 e. The van der Waals surface area contributed by atoms with Crippen LogP contribution in [-0.4, -0.2) is 18.4 Å². The second-order valence-corrected chi connectivity index (χ2v) is 5.70. The lowest BCUT2D eigenvalue weighted by atomic mass is 9.91. The average molecular weight is 281 g/mol. The van der Waals surface area contributed by atoms with E-state index < -0.39 is 5.79 Å². The van der Waals surface area contributed by atoms with Gasteiger partial charge in [0.15, 0.2) is 0 Å². The number of esters is 1. The maximum absolute atomic E-state index is 11.9. The highest BCUT2D eigenvalue weighted by Crippen LogP contribution is 2.42. The molecule has 1 aliphatic carbocycles. The molecule has 2 N–H and O–H groups in total. The Morgan fingerprint density at radius 2 is 2.26 bits per heavy atom. The highest BCUT2D eigenvalue weighted by molar-refractivity contribution is 7.16. The molecular weight excluding hydrogens is 266 g/mol. The van der Waals surface area contributed by atoms with E-state index in [1.54, 1.807) is 19.4 Å². The second-order valence-electron chi connectivity index (χ2n) is 4.56. The first-order valence-electron chi connectivity index (χ1n) is 6.23. The van der Waals surface area contributed by atoms with Crippen LogP contribution in [0.3, 0.4) is 0 Å². The molecule has 1 aromatic rings. The summed E-state index contributed by atoms with van der Waals surface area (Å²) in [6, 6.07) is 0. The van der Waals surface area contributed by atoms with Gasteiger partial charge in [0.05, 0.1) is 18.6 Å². The van der Waals surface area contributed by atoms with Crippen molar-refractivity contribution < 1.29 is 19.0 Å². The number of ether oxygens (including phenoxy) is 3. The van der Waals surface area contributed by atoms with E-state index in [0.717, 1.165) is 10.4 Å². The standard InChI is InChI=1S/C13H15NO4S/c1-2-16-12(15)10-8-3-4-13(17-5-6-18-13)7-9(8)19-11(10)14/h5-6H,2-4,7,14H2,1H3. The van der Waals surface area contributed by atoms with Gasteiger partial charge in [-0.25, -0.2) is 4.79 Å². The lowest BCUT2D eigenvalue weighted by molar-refractivity contribution is -0.147. The molecule has 0 atom stereocenters. The molecule has 0 unspecified atom stereocenters. The third kappa shape index (κ3) is 1.96. The van der Waals surface area contributed by atoms with Crippen LogP contribution in [0.25, 0.3) is 0 Å². The summed E-state index contributed by atoms with van der Waals surface area (Å²) in [7, 11) is 0. The molecule has 0 saturated carbocycles. The van der Waals surface area contributed by atoms with Gasteiger partial charge in [-0.15, -0.1) is 11.3 Å². The van der Waals surface area contributed by atoms with Crippen molar-refractivity contribution in [1.82, 2.24) is 0 Å².